The van der Waals surface area contributed by atoms with Crippen LogP contribution in [0.4, 0.5) is 0 Å². The molecule has 0 aromatic heterocycles. The van der Waals surface area contributed by atoms with E-state index >= 15 is 0 Å². The topological polar surface area (TPSA) is 26.3 Å². The second-order valence-electron chi connectivity index (χ2n) is 4.00. The van der Waals surface area contributed by atoms with Crippen LogP contribution in [0.3, 0.4) is 0 Å². The van der Waals surface area contributed by atoms with E-state index in [1.807, 2.05) is 31.2 Å². The molecule has 15 heavy (non-hydrogen) atoms. The van der Waals surface area contributed by atoms with Crippen LogP contribution in [0.25, 0.3) is 0 Å². The average molecular weight is 202 g/mol. The van der Waals surface area contributed by atoms with E-state index in [0.717, 1.165) is 16.9 Å². The van der Waals surface area contributed by atoms with Crippen LogP contribution < -0.4 is 4.74 Å². The highest BCUT2D eigenvalue weighted by molar-refractivity contribution is 5.89. The summed E-state index contributed by atoms with van der Waals surface area (Å²) in [5.41, 5.74) is 1.92. The summed E-state index contributed by atoms with van der Waals surface area (Å²) in [6.45, 7) is 6.11. The number of ether oxygens (including phenoxy) is 1. The normalized spacial score (nSPS) is 18.1. The van der Waals surface area contributed by atoms with Gasteiger partial charge in [-0.05, 0) is 13.0 Å². The minimum absolute atomic E-state index is 0.0992. The molecule has 1 atom stereocenters. The molecule has 0 fully saturated rings. The molecule has 2 rings (SSSR count). The Morgan fingerprint density at radius 3 is 3.00 bits per heavy atom. The molecule has 2 nitrogen and oxygen atoms in total. The van der Waals surface area contributed by atoms with Crippen LogP contribution in [-0.4, -0.2) is 12.4 Å². The highest BCUT2D eigenvalue weighted by Crippen LogP contribution is 2.34. The van der Waals surface area contributed by atoms with E-state index in [-0.39, 0.29) is 11.7 Å². The SMILES string of the molecule is C=C(C)CC(=O)C1COc2ccccc21. The first-order valence-corrected chi connectivity index (χ1v) is 5.07. The summed E-state index contributed by atoms with van der Waals surface area (Å²) >= 11 is 0. The summed E-state index contributed by atoms with van der Waals surface area (Å²) in [5.74, 6) is 0.947. The van der Waals surface area contributed by atoms with Crippen LogP contribution in [0.1, 0.15) is 24.8 Å². The fourth-order valence-corrected chi connectivity index (χ4v) is 1.85. The van der Waals surface area contributed by atoms with E-state index in [0.29, 0.717) is 13.0 Å². The standard InChI is InChI=1S/C13H14O2/c1-9(2)7-12(14)11-8-15-13-6-4-3-5-10(11)13/h3-6,11H,1,7-8H2,2H3. The van der Waals surface area contributed by atoms with Crippen molar-refractivity contribution in [3.8, 4) is 5.75 Å². The number of carbonyl (C=O) groups excluding carboxylic acids is 1. The summed E-state index contributed by atoms with van der Waals surface area (Å²) < 4.78 is 5.46. The molecule has 78 valence electrons. The Kier molecular flexibility index (Phi) is 2.58. The lowest BCUT2D eigenvalue weighted by Crippen LogP contribution is -2.13. The molecule has 0 amide bonds. The third-order valence-corrected chi connectivity index (χ3v) is 2.56. The molecule has 1 aromatic rings. The molecule has 0 saturated heterocycles. The van der Waals surface area contributed by atoms with E-state index < -0.39 is 0 Å². The van der Waals surface area contributed by atoms with Crippen molar-refractivity contribution in [2.75, 3.05) is 6.61 Å². The minimum Gasteiger partial charge on any atom is -0.492 e. The lowest BCUT2D eigenvalue weighted by atomic mass is 9.93. The van der Waals surface area contributed by atoms with Gasteiger partial charge in [-0.25, -0.2) is 0 Å². The molecule has 0 N–H and O–H groups in total. The molecule has 1 aliphatic heterocycles. The highest BCUT2D eigenvalue weighted by Gasteiger charge is 2.29. The summed E-state index contributed by atoms with van der Waals surface area (Å²) in [6, 6.07) is 7.73. The van der Waals surface area contributed by atoms with Crippen molar-refractivity contribution in [1.82, 2.24) is 0 Å². The van der Waals surface area contributed by atoms with Crippen LogP contribution in [-0.2, 0) is 4.79 Å². The number of para-hydroxylation sites is 1. The Morgan fingerprint density at radius 2 is 2.27 bits per heavy atom. The smallest absolute Gasteiger partial charge is 0.147 e. The summed E-state index contributed by atoms with van der Waals surface area (Å²) in [4.78, 5) is 11.9. The van der Waals surface area contributed by atoms with Gasteiger partial charge in [-0.1, -0.05) is 30.4 Å². The van der Waals surface area contributed by atoms with Gasteiger partial charge >= 0.3 is 0 Å². The Balaban J connectivity index is 2.20. The molecule has 1 heterocycles. The van der Waals surface area contributed by atoms with Crippen LogP contribution in [0, 0.1) is 0 Å². The molecule has 2 heteroatoms. The lowest BCUT2D eigenvalue weighted by molar-refractivity contribution is -0.120. The van der Waals surface area contributed by atoms with E-state index in [1.165, 1.54) is 0 Å². The number of Topliss-reactive ketones (excluding diaryl/α,β-unsaturated/α-hetero) is 1. The molecule has 0 spiro atoms. The van der Waals surface area contributed by atoms with Gasteiger partial charge in [0, 0.05) is 12.0 Å². The Morgan fingerprint density at radius 1 is 1.53 bits per heavy atom. The lowest BCUT2D eigenvalue weighted by Gasteiger charge is -2.06. The zero-order chi connectivity index (χ0) is 10.8. The third kappa shape index (κ3) is 1.94. The number of hydrogen-bond acceptors (Lipinski definition) is 2. The Hall–Kier alpha value is -1.57. The largest absolute Gasteiger partial charge is 0.492 e. The van der Waals surface area contributed by atoms with E-state index in [2.05, 4.69) is 6.58 Å². The molecule has 1 unspecified atom stereocenters. The van der Waals surface area contributed by atoms with Gasteiger partial charge in [-0.3, -0.25) is 4.79 Å². The van der Waals surface area contributed by atoms with Crippen molar-refractivity contribution >= 4 is 5.78 Å². The van der Waals surface area contributed by atoms with Crippen molar-refractivity contribution in [3.05, 3.63) is 42.0 Å². The number of rotatable bonds is 3. The number of fused-ring (bicyclic) bond motifs is 1. The molecular weight excluding hydrogens is 188 g/mol. The number of carbonyl (C=O) groups is 1. The maximum atomic E-state index is 11.9. The first kappa shape index (κ1) is 9.97. The van der Waals surface area contributed by atoms with E-state index in [9.17, 15) is 4.79 Å². The van der Waals surface area contributed by atoms with Gasteiger partial charge in [0.15, 0.2) is 0 Å². The maximum absolute atomic E-state index is 11.9. The van der Waals surface area contributed by atoms with Gasteiger partial charge in [0.1, 0.15) is 18.1 Å². The molecule has 0 bridgehead atoms. The van der Waals surface area contributed by atoms with Gasteiger partial charge in [0.25, 0.3) is 0 Å². The van der Waals surface area contributed by atoms with Crippen LogP contribution in [0.15, 0.2) is 36.4 Å². The molecule has 1 aromatic carbocycles. The highest BCUT2D eigenvalue weighted by atomic mass is 16.5. The van der Waals surface area contributed by atoms with Crippen molar-refractivity contribution < 1.29 is 9.53 Å². The zero-order valence-corrected chi connectivity index (χ0v) is 8.82. The van der Waals surface area contributed by atoms with Gasteiger partial charge in [-0.2, -0.15) is 0 Å². The number of benzene rings is 1. The second-order valence-corrected chi connectivity index (χ2v) is 4.00. The molecule has 0 aliphatic carbocycles. The van der Waals surface area contributed by atoms with Gasteiger partial charge < -0.3 is 4.74 Å². The van der Waals surface area contributed by atoms with Gasteiger partial charge in [-0.15, -0.1) is 0 Å². The summed E-state index contributed by atoms with van der Waals surface area (Å²) in [7, 11) is 0. The maximum Gasteiger partial charge on any atom is 0.147 e. The van der Waals surface area contributed by atoms with Crippen LogP contribution >= 0.6 is 0 Å². The minimum atomic E-state index is -0.0992. The fourth-order valence-electron chi connectivity index (χ4n) is 1.85. The third-order valence-electron chi connectivity index (χ3n) is 2.56. The van der Waals surface area contributed by atoms with E-state index in [1.54, 1.807) is 0 Å². The van der Waals surface area contributed by atoms with Crippen molar-refractivity contribution in [1.29, 1.82) is 0 Å². The van der Waals surface area contributed by atoms with Crippen molar-refractivity contribution in [2.24, 2.45) is 0 Å². The average Bonchev–Trinajstić information content (AvgIpc) is 2.59. The number of hydrogen-bond donors (Lipinski definition) is 0. The fraction of sp³-hybridized carbons (Fsp3) is 0.308. The quantitative estimate of drug-likeness (QED) is 0.704. The Bertz CT molecular complexity index is 407. The molecule has 0 radical (unpaired) electrons. The summed E-state index contributed by atoms with van der Waals surface area (Å²) in [6.07, 6.45) is 0.447. The van der Waals surface area contributed by atoms with Gasteiger partial charge in [0.05, 0.1) is 5.92 Å². The molecule has 1 aliphatic rings. The number of allylic oxidation sites excluding steroid dienone is 1. The first-order chi connectivity index (χ1) is 7.18. The first-order valence-electron chi connectivity index (χ1n) is 5.07. The second kappa shape index (κ2) is 3.89. The van der Waals surface area contributed by atoms with Crippen molar-refractivity contribution in [2.45, 2.75) is 19.3 Å². The number of ketones is 1. The van der Waals surface area contributed by atoms with Crippen molar-refractivity contribution in [3.63, 3.8) is 0 Å². The predicted octanol–water partition coefficient (Wildman–Crippen LogP) is 2.70. The summed E-state index contributed by atoms with van der Waals surface area (Å²) in [5, 5.41) is 0. The Labute approximate surface area is 89.6 Å². The predicted molar refractivity (Wildman–Crippen MR) is 59.1 cm³/mol. The molecular formula is C13H14O2. The zero-order valence-electron chi connectivity index (χ0n) is 8.82. The van der Waals surface area contributed by atoms with Gasteiger partial charge in [0.2, 0.25) is 0 Å². The van der Waals surface area contributed by atoms with E-state index in [4.69, 9.17) is 4.74 Å². The monoisotopic (exact) mass is 202 g/mol. The molecule has 0 saturated carbocycles. The van der Waals surface area contributed by atoms with Crippen LogP contribution in [0.5, 0.6) is 5.75 Å². The van der Waals surface area contributed by atoms with Crippen LogP contribution in [0.2, 0.25) is 0 Å².